The first-order chi connectivity index (χ1) is 11.8. The van der Waals surface area contributed by atoms with Gasteiger partial charge in [-0.15, -0.1) is 11.8 Å². The van der Waals surface area contributed by atoms with Gasteiger partial charge in [-0.3, -0.25) is 9.98 Å². The number of benzene rings is 1. The third kappa shape index (κ3) is 2.95. The molecular formula is C19H17N3OS. The summed E-state index contributed by atoms with van der Waals surface area (Å²) in [6, 6.07) is 16.1. The Morgan fingerprint density at radius 2 is 1.92 bits per heavy atom. The monoisotopic (exact) mass is 335 g/mol. The molecular weight excluding hydrogens is 318 g/mol. The molecule has 0 spiro atoms. The number of allylic oxidation sites excluding steroid dienone is 2. The zero-order chi connectivity index (χ0) is 16.4. The molecule has 1 aromatic carbocycles. The predicted octanol–water partition coefficient (Wildman–Crippen LogP) is 4.31. The number of thioether (sulfide) groups is 1. The van der Waals surface area contributed by atoms with E-state index in [1.54, 1.807) is 24.0 Å². The minimum atomic E-state index is -0.0549. The summed E-state index contributed by atoms with van der Waals surface area (Å²) in [5.41, 5.74) is 0.936. The van der Waals surface area contributed by atoms with Crippen LogP contribution < -0.4 is 0 Å². The van der Waals surface area contributed by atoms with Crippen LogP contribution in [0.5, 0.6) is 0 Å². The van der Waals surface area contributed by atoms with Crippen molar-refractivity contribution in [3.8, 4) is 0 Å². The summed E-state index contributed by atoms with van der Waals surface area (Å²) in [6.45, 7) is 0. The number of rotatable bonds is 3. The zero-order valence-electron chi connectivity index (χ0n) is 13.0. The van der Waals surface area contributed by atoms with E-state index in [-0.39, 0.29) is 17.2 Å². The predicted molar refractivity (Wildman–Crippen MR) is 96.8 cm³/mol. The van der Waals surface area contributed by atoms with Crippen LogP contribution in [0.3, 0.4) is 0 Å². The van der Waals surface area contributed by atoms with Gasteiger partial charge in [0.05, 0.1) is 17.1 Å². The molecule has 2 aromatic rings. The van der Waals surface area contributed by atoms with Crippen molar-refractivity contribution >= 4 is 17.6 Å². The summed E-state index contributed by atoms with van der Waals surface area (Å²) in [5.74, 6) is 0.824. The average molecular weight is 335 g/mol. The summed E-state index contributed by atoms with van der Waals surface area (Å²) >= 11 is 1.78. The van der Waals surface area contributed by atoms with Crippen LogP contribution in [0.1, 0.15) is 18.2 Å². The van der Waals surface area contributed by atoms with Gasteiger partial charge in [0.25, 0.3) is 0 Å². The maximum absolute atomic E-state index is 10.3. The summed E-state index contributed by atoms with van der Waals surface area (Å²) < 4.78 is 0. The molecule has 2 aliphatic heterocycles. The van der Waals surface area contributed by atoms with Crippen LogP contribution in [-0.2, 0) is 0 Å². The zero-order valence-corrected chi connectivity index (χ0v) is 13.8. The number of fused-ring (bicyclic) bond motifs is 1. The number of aliphatic hydroxyl groups excluding tert-OH is 1. The highest BCUT2D eigenvalue weighted by atomic mass is 32.2. The van der Waals surface area contributed by atoms with Crippen molar-refractivity contribution in [2.75, 3.05) is 0 Å². The van der Waals surface area contributed by atoms with Gasteiger partial charge in [0.1, 0.15) is 0 Å². The van der Waals surface area contributed by atoms with Crippen LogP contribution in [0, 0.1) is 0 Å². The Labute approximate surface area is 145 Å². The summed E-state index contributed by atoms with van der Waals surface area (Å²) in [5, 5.41) is 10.4. The quantitative estimate of drug-likeness (QED) is 0.908. The van der Waals surface area contributed by atoms with Gasteiger partial charge in [0.15, 0.2) is 11.6 Å². The Bertz CT molecular complexity index is 802. The van der Waals surface area contributed by atoms with Crippen LogP contribution in [0.15, 0.2) is 88.7 Å². The first kappa shape index (κ1) is 15.0. The third-order valence-corrected chi connectivity index (χ3v) is 5.27. The Hall–Kier alpha value is -2.53. The highest BCUT2D eigenvalue weighted by Crippen LogP contribution is 2.39. The minimum absolute atomic E-state index is 0.0549. The van der Waals surface area contributed by atoms with Gasteiger partial charge < -0.3 is 10.0 Å². The van der Waals surface area contributed by atoms with Crippen LogP contribution in [-0.4, -0.2) is 26.2 Å². The molecule has 2 atom stereocenters. The fourth-order valence-corrected chi connectivity index (χ4v) is 4.09. The van der Waals surface area contributed by atoms with E-state index < -0.39 is 0 Å². The Morgan fingerprint density at radius 1 is 1.08 bits per heavy atom. The highest BCUT2D eigenvalue weighted by molar-refractivity contribution is 7.99. The molecule has 0 saturated heterocycles. The fraction of sp³-hybridized carbons (Fsp3) is 0.158. The highest BCUT2D eigenvalue weighted by Gasteiger charge is 2.33. The number of nitrogens with zero attached hydrogens (tertiary/aromatic N) is 3. The third-order valence-electron chi connectivity index (χ3n) is 4.03. The van der Waals surface area contributed by atoms with Gasteiger partial charge in [-0.25, -0.2) is 0 Å². The van der Waals surface area contributed by atoms with Crippen molar-refractivity contribution in [2.45, 2.75) is 22.7 Å². The second kappa shape index (κ2) is 6.53. The van der Waals surface area contributed by atoms with E-state index in [0.717, 1.165) is 12.1 Å². The summed E-state index contributed by atoms with van der Waals surface area (Å²) in [4.78, 5) is 12.4. The smallest absolute Gasteiger partial charge is 0.172 e. The molecule has 2 unspecified atom stereocenters. The maximum atomic E-state index is 10.3. The lowest BCUT2D eigenvalue weighted by Gasteiger charge is -2.38. The second-order valence-corrected chi connectivity index (χ2v) is 6.90. The van der Waals surface area contributed by atoms with Crippen molar-refractivity contribution in [2.24, 2.45) is 4.99 Å². The van der Waals surface area contributed by atoms with E-state index in [1.165, 1.54) is 4.90 Å². The lowest BCUT2D eigenvalue weighted by molar-refractivity contribution is 0.371. The molecule has 0 radical (unpaired) electrons. The molecule has 2 aliphatic rings. The summed E-state index contributed by atoms with van der Waals surface area (Å²) in [7, 11) is 0. The molecule has 4 rings (SSSR count). The van der Waals surface area contributed by atoms with E-state index in [2.05, 4.69) is 17.1 Å². The average Bonchev–Trinajstić information content (AvgIpc) is 2.64. The molecule has 1 N–H and O–H groups in total. The second-order valence-electron chi connectivity index (χ2n) is 5.65. The van der Waals surface area contributed by atoms with E-state index in [4.69, 9.17) is 4.99 Å². The first-order valence-electron chi connectivity index (χ1n) is 7.88. The van der Waals surface area contributed by atoms with Crippen LogP contribution in [0.4, 0.5) is 0 Å². The lowest BCUT2D eigenvalue weighted by Crippen LogP contribution is -2.41. The van der Waals surface area contributed by atoms with Gasteiger partial charge in [-0.1, -0.05) is 24.3 Å². The molecule has 0 bridgehead atoms. The number of aliphatic hydroxyl groups is 1. The Kier molecular flexibility index (Phi) is 4.09. The standard InChI is InChI=1S/C19H17N3OS/c23-17-10-6-12-22-18(24-14-7-2-1-3-8-14)13-16(21-19(17)22)15-9-4-5-11-20-15/h1-12,16,18,23H,13H2. The van der Waals surface area contributed by atoms with E-state index >= 15 is 0 Å². The molecule has 0 fully saturated rings. The molecule has 0 aliphatic carbocycles. The molecule has 4 nitrogen and oxygen atoms in total. The maximum Gasteiger partial charge on any atom is 0.172 e. The van der Waals surface area contributed by atoms with E-state index in [0.29, 0.717) is 5.84 Å². The molecule has 0 saturated carbocycles. The lowest BCUT2D eigenvalue weighted by atomic mass is 10.1. The SMILES string of the molecule is OC1=CC=CN2C1=NC(c1ccccn1)CC2Sc1ccccc1. The number of aliphatic imine (C=N–C) groups is 1. The van der Waals surface area contributed by atoms with Crippen molar-refractivity contribution < 1.29 is 5.11 Å². The van der Waals surface area contributed by atoms with Gasteiger partial charge in [0, 0.05) is 23.7 Å². The number of aromatic nitrogens is 1. The van der Waals surface area contributed by atoms with Crippen LogP contribution >= 0.6 is 11.8 Å². The topological polar surface area (TPSA) is 48.7 Å². The molecule has 3 heterocycles. The number of hydrogen-bond acceptors (Lipinski definition) is 5. The molecule has 0 amide bonds. The van der Waals surface area contributed by atoms with E-state index in [9.17, 15) is 5.11 Å². The molecule has 1 aromatic heterocycles. The number of hydrogen-bond donors (Lipinski definition) is 1. The van der Waals surface area contributed by atoms with Crippen molar-refractivity contribution in [3.05, 3.63) is 84.5 Å². The van der Waals surface area contributed by atoms with Gasteiger partial charge in [-0.2, -0.15) is 0 Å². The Balaban J connectivity index is 1.68. The van der Waals surface area contributed by atoms with Gasteiger partial charge >= 0.3 is 0 Å². The van der Waals surface area contributed by atoms with Crippen LogP contribution in [0.2, 0.25) is 0 Å². The fourth-order valence-electron chi connectivity index (χ4n) is 2.90. The summed E-state index contributed by atoms with van der Waals surface area (Å²) in [6.07, 6.45) is 8.14. The normalized spacial score (nSPS) is 22.6. The Morgan fingerprint density at radius 3 is 2.71 bits per heavy atom. The largest absolute Gasteiger partial charge is 0.504 e. The van der Waals surface area contributed by atoms with Crippen molar-refractivity contribution in [1.29, 1.82) is 0 Å². The first-order valence-corrected chi connectivity index (χ1v) is 8.76. The number of pyridine rings is 1. The minimum Gasteiger partial charge on any atom is -0.504 e. The molecule has 5 heteroatoms. The molecule has 120 valence electrons. The number of amidine groups is 1. The van der Waals surface area contributed by atoms with Gasteiger partial charge in [-0.05, 0) is 36.4 Å². The van der Waals surface area contributed by atoms with E-state index in [1.807, 2.05) is 53.6 Å². The van der Waals surface area contributed by atoms with Crippen LogP contribution in [0.25, 0.3) is 0 Å². The van der Waals surface area contributed by atoms with Crippen molar-refractivity contribution in [3.63, 3.8) is 0 Å². The molecule has 24 heavy (non-hydrogen) atoms. The van der Waals surface area contributed by atoms with Crippen molar-refractivity contribution in [1.82, 2.24) is 9.88 Å². The van der Waals surface area contributed by atoms with Gasteiger partial charge in [0.2, 0.25) is 0 Å².